The zero-order chi connectivity index (χ0) is 14.8. The first-order chi connectivity index (χ1) is 9.38. The fraction of sp³-hybridized carbons (Fsp3) is 0.500. The van der Waals surface area contributed by atoms with Gasteiger partial charge in [0.05, 0.1) is 10.0 Å². The van der Waals surface area contributed by atoms with Crippen molar-refractivity contribution in [3.8, 4) is 0 Å². The fourth-order valence-corrected chi connectivity index (χ4v) is 5.04. The van der Waals surface area contributed by atoms with E-state index in [-0.39, 0.29) is 20.3 Å². The van der Waals surface area contributed by atoms with Gasteiger partial charge < -0.3 is 16.4 Å². The number of hydrogen-bond acceptors (Lipinski definition) is 5. The van der Waals surface area contributed by atoms with Crippen molar-refractivity contribution in [2.75, 3.05) is 18.4 Å². The van der Waals surface area contributed by atoms with Gasteiger partial charge in [-0.1, -0.05) is 11.6 Å². The Morgan fingerprint density at radius 1 is 1.55 bits per heavy atom. The number of amides is 2. The summed E-state index contributed by atoms with van der Waals surface area (Å²) in [6.45, 7) is 1.47. The average molecular weight is 339 g/mol. The Morgan fingerprint density at radius 2 is 2.30 bits per heavy atom. The van der Waals surface area contributed by atoms with Crippen molar-refractivity contribution in [3.05, 3.63) is 10.4 Å². The lowest BCUT2D eigenvalue weighted by Crippen LogP contribution is -2.45. The van der Waals surface area contributed by atoms with E-state index in [9.17, 15) is 13.2 Å². The average Bonchev–Trinajstić information content (AvgIpc) is 2.71. The maximum Gasteiger partial charge on any atom is 0.316 e. The zero-order valence-corrected chi connectivity index (χ0v) is 12.9. The molecule has 1 aliphatic rings. The number of thiophene rings is 1. The minimum atomic E-state index is -3.74. The highest BCUT2D eigenvalue weighted by Crippen LogP contribution is 2.34. The molecular weight excluding hydrogens is 324 g/mol. The van der Waals surface area contributed by atoms with E-state index in [4.69, 9.17) is 17.3 Å². The number of piperidine rings is 1. The van der Waals surface area contributed by atoms with Crippen LogP contribution in [0.3, 0.4) is 0 Å². The van der Waals surface area contributed by atoms with Crippen LogP contribution < -0.4 is 21.1 Å². The number of nitrogens with two attached hydrogens (primary N) is 1. The van der Waals surface area contributed by atoms with Gasteiger partial charge in [0.15, 0.2) is 4.21 Å². The standard InChI is InChI=1S/C10H15ClN4O3S2/c11-8-4-7(14-10(12)16)9(19-8)20(17,18)15-6-2-1-3-13-5-6/h4,6,13,15H,1-3,5H2,(H3,12,14,16)/t6-/m0/s1. The molecule has 0 bridgehead atoms. The Balaban J connectivity index is 2.21. The number of carbonyl (C=O) groups excluding carboxylic acids is 1. The minimum Gasteiger partial charge on any atom is -0.351 e. The fourth-order valence-electron chi connectivity index (χ4n) is 1.99. The molecule has 112 valence electrons. The lowest BCUT2D eigenvalue weighted by atomic mass is 10.1. The first-order valence-electron chi connectivity index (χ1n) is 5.97. The molecule has 0 aliphatic carbocycles. The van der Waals surface area contributed by atoms with Gasteiger partial charge in [-0.3, -0.25) is 0 Å². The monoisotopic (exact) mass is 338 g/mol. The summed E-state index contributed by atoms with van der Waals surface area (Å²) in [5.74, 6) is 0. The van der Waals surface area contributed by atoms with Crippen molar-refractivity contribution < 1.29 is 13.2 Å². The number of halogens is 1. The van der Waals surface area contributed by atoms with E-state index >= 15 is 0 Å². The molecule has 5 N–H and O–H groups in total. The molecule has 0 unspecified atom stereocenters. The Labute approximate surface area is 125 Å². The van der Waals surface area contributed by atoms with Crippen LogP contribution in [-0.4, -0.2) is 33.6 Å². The predicted octanol–water partition coefficient (Wildman–Crippen LogP) is 0.922. The Kier molecular flexibility index (Phi) is 4.86. The molecule has 2 amide bonds. The second kappa shape index (κ2) is 6.27. The number of carbonyl (C=O) groups is 1. The first kappa shape index (κ1) is 15.5. The Bertz CT molecular complexity index is 596. The summed E-state index contributed by atoms with van der Waals surface area (Å²) in [5.41, 5.74) is 5.12. The Hall–Kier alpha value is -0.870. The lowest BCUT2D eigenvalue weighted by Gasteiger charge is -2.23. The van der Waals surface area contributed by atoms with Gasteiger partial charge in [-0.15, -0.1) is 11.3 Å². The van der Waals surface area contributed by atoms with Crippen LogP contribution in [0.15, 0.2) is 10.3 Å². The van der Waals surface area contributed by atoms with Crippen molar-refractivity contribution in [2.24, 2.45) is 5.73 Å². The normalized spacial score (nSPS) is 19.8. The zero-order valence-electron chi connectivity index (χ0n) is 10.5. The third-order valence-corrected chi connectivity index (χ3v) is 6.11. The van der Waals surface area contributed by atoms with Crippen molar-refractivity contribution in [1.82, 2.24) is 10.0 Å². The molecule has 1 aromatic heterocycles. The topological polar surface area (TPSA) is 113 Å². The summed E-state index contributed by atoms with van der Waals surface area (Å²) >= 11 is 6.70. The van der Waals surface area contributed by atoms with E-state index in [1.54, 1.807) is 0 Å². The highest BCUT2D eigenvalue weighted by Gasteiger charge is 2.26. The van der Waals surface area contributed by atoms with Gasteiger partial charge in [0.25, 0.3) is 10.0 Å². The summed E-state index contributed by atoms with van der Waals surface area (Å²) < 4.78 is 27.5. The number of rotatable bonds is 4. The number of nitrogens with one attached hydrogen (secondary N) is 3. The highest BCUT2D eigenvalue weighted by molar-refractivity contribution is 7.91. The van der Waals surface area contributed by atoms with Gasteiger partial charge in [-0.2, -0.15) is 0 Å². The van der Waals surface area contributed by atoms with Gasteiger partial charge in [-0.05, 0) is 25.5 Å². The number of anilines is 1. The summed E-state index contributed by atoms with van der Waals surface area (Å²) in [4.78, 5) is 10.9. The van der Waals surface area contributed by atoms with Crippen molar-refractivity contribution in [3.63, 3.8) is 0 Å². The van der Waals surface area contributed by atoms with Crippen molar-refractivity contribution >= 4 is 44.7 Å². The third-order valence-electron chi connectivity index (χ3n) is 2.79. The van der Waals surface area contributed by atoms with Crippen LogP contribution in [0.4, 0.5) is 10.5 Å². The molecule has 1 aliphatic heterocycles. The SMILES string of the molecule is NC(=O)Nc1cc(Cl)sc1S(=O)(=O)N[C@H]1CCCNC1. The van der Waals surface area contributed by atoms with E-state index in [0.717, 1.165) is 30.7 Å². The van der Waals surface area contributed by atoms with Gasteiger partial charge in [0.2, 0.25) is 0 Å². The molecule has 1 fully saturated rings. The van der Waals surface area contributed by atoms with E-state index in [1.807, 2.05) is 0 Å². The van der Waals surface area contributed by atoms with Crippen molar-refractivity contribution in [1.29, 1.82) is 0 Å². The lowest BCUT2D eigenvalue weighted by molar-refractivity contribution is 0.259. The quantitative estimate of drug-likeness (QED) is 0.653. The third kappa shape index (κ3) is 3.83. The number of urea groups is 1. The van der Waals surface area contributed by atoms with E-state index in [2.05, 4.69) is 15.4 Å². The van der Waals surface area contributed by atoms with Gasteiger partial charge in [-0.25, -0.2) is 17.9 Å². The van der Waals surface area contributed by atoms with Crippen LogP contribution in [0.5, 0.6) is 0 Å². The summed E-state index contributed by atoms with van der Waals surface area (Å²) in [7, 11) is -3.74. The summed E-state index contributed by atoms with van der Waals surface area (Å²) in [6.07, 6.45) is 1.68. The molecule has 0 saturated carbocycles. The summed E-state index contributed by atoms with van der Waals surface area (Å²) in [5, 5.41) is 5.39. The number of primary amides is 1. The van der Waals surface area contributed by atoms with Crippen LogP contribution in [0.1, 0.15) is 12.8 Å². The smallest absolute Gasteiger partial charge is 0.316 e. The molecule has 1 aromatic rings. The number of sulfonamides is 1. The van der Waals surface area contributed by atoms with Gasteiger partial charge in [0, 0.05) is 12.6 Å². The van der Waals surface area contributed by atoms with Crippen LogP contribution in [0.2, 0.25) is 4.34 Å². The molecule has 20 heavy (non-hydrogen) atoms. The maximum absolute atomic E-state index is 12.3. The largest absolute Gasteiger partial charge is 0.351 e. The van der Waals surface area contributed by atoms with E-state index < -0.39 is 16.1 Å². The molecule has 0 spiro atoms. The molecule has 1 atom stereocenters. The van der Waals surface area contributed by atoms with Crippen LogP contribution >= 0.6 is 22.9 Å². The van der Waals surface area contributed by atoms with Gasteiger partial charge in [0.1, 0.15) is 0 Å². The van der Waals surface area contributed by atoms with E-state index in [1.165, 1.54) is 6.07 Å². The highest BCUT2D eigenvalue weighted by atomic mass is 35.5. The second-order valence-corrected chi connectivity index (χ2v) is 8.00. The molecular formula is C10H15ClN4O3S2. The molecule has 2 rings (SSSR count). The predicted molar refractivity (Wildman–Crippen MR) is 78.7 cm³/mol. The molecule has 0 radical (unpaired) electrons. The minimum absolute atomic E-state index is 0.0353. The first-order valence-corrected chi connectivity index (χ1v) is 8.65. The number of hydrogen-bond donors (Lipinski definition) is 4. The van der Waals surface area contributed by atoms with E-state index in [0.29, 0.717) is 6.54 Å². The van der Waals surface area contributed by atoms with Crippen LogP contribution in [0.25, 0.3) is 0 Å². The van der Waals surface area contributed by atoms with Crippen LogP contribution in [-0.2, 0) is 10.0 Å². The summed E-state index contributed by atoms with van der Waals surface area (Å²) in [6, 6.07) is 0.358. The molecule has 0 aromatic carbocycles. The molecule has 10 heteroatoms. The van der Waals surface area contributed by atoms with Gasteiger partial charge >= 0.3 is 6.03 Å². The van der Waals surface area contributed by atoms with Crippen LogP contribution in [0, 0.1) is 0 Å². The molecule has 1 saturated heterocycles. The molecule has 7 nitrogen and oxygen atoms in total. The second-order valence-electron chi connectivity index (χ2n) is 4.41. The Morgan fingerprint density at radius 3 is 2.90 bits per heavy atom. The van der Waals surface area contributed by atoms with Crippen molar-refractivity contribution in [2.45, 2.75) is 23.1 Å². The molecule has 2 heterocycles. The maximum atomic E-state index is 12.3.